The van der Waals surface area contributed by atoms with Gasteiger partial charge in [-0.15, -0.1) is 0 Å². The van der Waals surface area contributed by atoms with E-state index in [4.69, 9.17) is 10.5 Å². The number of nitrogens with two attached hydrogens (primary N) is 1. The van der Waals surface area contributed by atoms with Crippen molar-refractivity contribution in [2.45, 2.75) is 18.8 Å². The van der Waals surface area contributed by atoms with Crippen LogP contribution in [0.1, 0.15) is 24.3 Å². The highest BCUT2D eigenvalue weighted by molar-refractivity contribution is 7.22. The fourth-order valence-corrected chi connectivity index (χ4v) is 4.63. The van der Waals surface area contributed by atoms with E-state index >= 15 is 0 Å². The molecule has 3 heterocycles. The van der Waals surface area contributed by atoms with Crippen molar-refractivity contribution in [3.63, 3.8) is 0 Å². The summed E-state index contributed by atoms with van der Waals surface area (Å²) >= 11 is 1.45. The van der Waals surface area contributed by atoms with Crippen LogP contribution in [0.4, 0.5) is 10.9 Å². The molecule has 29 heavy (non-hydrogen) atoms. The molecule has 1 saturated heterocycles. The number of nitrogens with zero attached hydrogens (tertiary/aromatic N) is 4. The Labute approximate surface area is 173 Å². The highest BCUT2D eigenvalue weighted by atomic mass is 32.1. The summed E-state index contributed by atoms with van der Waals surface area (Å²) in [5, 5.41) is 0.527. The van der Waals surface area contributed by atoms with Crippen LogP contribution in [0.3, 0.4) is 0 Å². The number of ether oxygens (including phenoxy) is 1. The molecular weight excluding hydrogens is 382 g/mol. The average molecular weight is 404 g/mol. The topological polar surface area (TPSA) is 77.2 Å². The summed E-state index contributed by atoms with van der Waals surface area (Å²) < 4.78 is 7.06. The second kappa shape index (κ2) is 7.67. The predicted octanol–water partition coefficient (Wildman–Crippen LogP) is 4.84. The third kappa shape index (κ3) is 3.73. The fraction of sp³-hybridized carbons (Fsp3) is 0.227. The maximum atomic E-state index is 6.06. The summed E-state index contributed by atoms with van der Waals surface area (Å²) in [5.41, 5.74) is 8.00. The maximum absolute atomic E-state index is 6.06. The lowest BCUT2D eigenvalue weighted by molar-refractivity contribution is 0.463. The van der Waals surface area contributed by atoms with E-state index in [2.05, 4.69) is 50.2 Å². The molecule has 0 saturated carbocycles. The first kappa shape index (κ1) is 17.9. The number of aromatic nitrogens is 3. The zero-order valence-corrected chi connectivity index (χ0v) is 16.7. The molecule has 0 spiro atoms. The number of piperidine rings is 1. The van der Waals surface area contributed by atoms with Crippen molar-refractivity contribution in [1.82, 2.24) is 15.0 Å². The lowest BCUT2D eigenvalue weighted by Crippen LogP contribution is -2.34. The molecule has 0 radical (unpaired) electrons. The van der Waals surface area contributed by atoms with Gasteiger partial charge in [0.15, 0.2) is 10.9 Å². The number of fused-ring (bicyclic) bond motifs is 1. The molecule has 1 aliphatic rings. The quantitative estimate of drug-likeness (QED) is 0.525. The summed E-state index contributed by atoms with van der Waals surface area (Å²) in [4.78, 5) is 15.5. The number of rotatable bonds is 4. The van der Waals surface area contributed by atoms with Crippen molar-refractivity contribution in [2.24, 2.45) is 0 Å². The van der Waals surface area contributed by atoms with Crippen LogP contribution in [0.5, 0.6) is 11.6 Å². The van der Waals surface area contributed by atoms with Gasteiger partial charge in [-0.05, 0) is 30.5 Å². The van der Waals surface area contributed by atoms with Crippen molar-refractivity contribution in [2.75, 3.05) is 23.7 Å². The van der Waals surface area contributed by atoms with Crippen LogP contribution in [0.25, 0.3) is 10.2 Å². The number of thiazole rings is 1. The van der Waals surface area contributed by atoms with Gasteiger partial charge in [-0.1, -0.05) is 47.7 Å². The Balaban J connectivity index is 1.38. The molecule has 1 unspecified atom stereocenters. The van der Waals surface area contributed by atoms with E-state index in [0.29, 0.717) is 22.7 Å². The highest BCUT2D eigenvalue weighted by Crippen LogP contribution is 2.34. The Morgan fingerprint density at radius 1 is 1.07 bits per heavy atom. The largest absolute Gasteiger partial charge is 0.437 e. The van der Waals surface area contributed by atoms with Crippen molar-refractivity contribution in [3.8, 4) is 11.6 Å². The molecule has 2 aromatic carbocycles. The molecule has 146 valence electrons. The summed E-state index contributed by atoms with van der Waals surface area (Å²) in [7, 11) is 0. The second-order valence-corrected chi connectivity index (χ2v) is 8.23. The molecule has 2 aromatic heterocycles. The van der Waals surface area contributed by atoms with Crippen LogP contribution < -0.4 is 15.4 Å². The zero-order valence-electron chi connectivity index (χ0n) is 15.9. The average Bonchev–Trinajstić information content (AvgIpc) is 3.16. The van der Waals surface area contributed by atoms with Crippen molar-refractivity contribution in [1.29, 1.82) is 0 Å². The lowest BCUT2D eigenvalue weighted by Gasteiger charge is -2.33. The van der Waals surface area contributed by atoms with Crippen LogP contribution in [-0.4, -0.2) is 28.0 Å². The monoisotopic (exact) mass is 403 g/mol. The smallest absolute Gasteiger partial charge is 0.224 e. The van der Waals surface area contributed by atoms with Crippen LogP contribution in [0.2, 0.25) is 0 Å². The van der Waals surface area contributed by atoms with Gasteiger partial charge in [-0.25, -0.2) is 15.0 Å². The van der Waals surface area contributed by atoms with Gasteiger partial charge in [-0.3, -0.25) is 0 Å². The number of benzene rings is 2. The van der Waals surface area contributed by atoms with Crippen molar-refractivity contribution < 1.29 is 4.74 Å². The van der Waals surface area contributed by atoms with Gasteiger partial charge in [-0.2, -0.15) is 0 Å². The molecule has 1 aliphatic heterocycles. The van der Waals surface area contributed by atoms with Crippen LogP contribution in [-0.2, 0) is 0 Å². The third-order valence-electron chi connectivity index (χ3n) is 5.26. The fourth-order valence-electron chi connectivity index (χ4n) is 3.88. The first-order chi connectivity index (χ1) is 14.3. The summed E-state index contributed by atoms with van der Waals surface area (Å²) in [5.74, 6) is 2.56. The minimum atomic E-state index is 0.510. The molecule has 0 aliphatic carbocycles. The van der Waals surface area contributed by atoms with Crippen LogP contribution >= 0.6 is 11.3 Å². The van der Waals surface area contributed by atoms with Gasteiger partial charge < -0.3 is 15.4 Å². The van der Waals surface area contributed by atoms with E-state index in [9.17, 15) is 0 Å². The predicted molar refractivity (Wildman–Crippen MR) is 117 cm³/mol. The minimum absolute atomic E-state index is 0.510. The van der Waals surface area contributed by atoms with Crippen molar-refractivity contribution >= 4 is 32.5 Å². The second-order valence-electron chi connectivity index (χ2n) is 7.17. The highest BCUT2D eigenvalue weighted by Gasteiger charge is 2.22. The minimum Gasteiger partial charge on any atom is -0.437 e. The van der Waals surface area contributed by atoms with Gasteiger partial charge in [0.05, 0.1) is 4.70 Å². The summed E-state index contributed by atoms with van der Waals surface area (Å²) in [6, 6.07) is 18.4. The number of hydrogen-bond donors (Lipinski definition) is 1. The van der Waals surface area contributed by atoms with Gasteiger partial charge in [0.1, 0.15) is 17.7 Å². The van der Waals surface area contributed by atoms with Gasteiger partial charge in [0.2, 0.25) is 5.88 Å². The SMILES string of the molecule is Nc1nc2c(Oc3cc(N4CCCC(c5ccccc5)C4)ncn3)cccc2s1. The Hall–Kier alpha value is -3.19. The van der Waals surface area contributed by atoms with E-state index in [1.54, 1.807) is 6.33 Å². The van der Waals surface area contributed by atoms with E-state index in [-0.39, 0.29) is 0 Å². The number of nitrogen functional groups attached to an aromatic ring is 1. The number of anilines is 2. The zero-order chi connectivity index (χ0) is 19.6. The van der Waals surface area contributed by atoms with Gasteiger partial charge in [0.25, 0.3) is 0 Å². The number of para-hydroxylation sites is 1. The summed E-state index contributed by atoms with van der Waals surface area (Å²) in [6.45, 7) is 1.93. The van der Waals surface area contributed by atoms with E-state index < -0.39 is 0 Å². The standard InChI is InChI=1S/C22H21N5OS/c23-22-26-21-17(9-4-10-18(21)29-22)28-20-12-19(24-14-25-20)27-11-5-8-16(13-27)15-6-2-1-3-7-15/h1-4,6-7,9-10,12,14,16H,5,8,11,13H2,(H2,23,26). The Morgan fingerprint density at radius 2 is 1.97 bits per heavy atom. The molecule has 1 atom stereocenters. The normalized spacial score (nSPS) is 16.8. The van der Waals surface area contributed by atoms with E-state index in [0.717, 1.165) is 35.5 Å². The number of hydrogen-bond acceptors (Lipinski definition) is 7. The Morgan fingerprint density at radius 3 is 2.86 bits per heavy atom. The molecule has 0 amide bonds. The molecule has 2 N–H and O–H groups in total. The molecule has 0 bridgehead atoms. The lowest BCUT2D eigenvalue weighted by atomic mass is 9.91. The first-order valence-electron chi connectivity index (χ1n) is 9.71. The molecular formula is C22H21N5OS. The summed E-state index contributed by atoms with van der Waals surface area (Å²) in [6.07, 6.45) is 3.89. The Bertz CT molecular complexity index is 1130. The van der Waals surface area contributed by atoms with Crippen LogP contribution in [0, 0.1) is 0 Å². The Kier molecular flexibility index (Phi) is 4.73. The first-order valence-corrected chi connectivity index (χ1v) is 10.5. The van der Waals surface area contributed by atoms with E-state index in [1.807, 2.05) is 24.3 Å². The van der Waals surface area contributed by atoms with Gasteiger partial charge in [0, 0.05) is 25.1 Å². The van der Waals surface area contributed by atoms with Gasteiger partial charge >= 0.3 is 0 Å². The molecule has 4 aromatic rings. The van der Waals surface area contributed by atoms with E-state index in [1.165, 1.54) is 23.3 Å². The van der Waals surface area contributed by atoms with Crippen molar-refractivity contribution in [3.05, 3.63) is 66.5 Å². The molecule has 7 heteroatoms. The third-order valence-corrected chi connectivity index (χ3v) is 6.11. The van der Waals surface area contributed by atoms with Crippen LogP contribution in [0.15, 0.2) is 60.9 Å². The maximum Gasteiger partial charge on any atom is 0.224 e. The molecule has 6 nitrogen and oxygen atoms in total. The molecule has 5 rings (SSSR count). The molecule has 1 fully saturated rings.